The van der Waals surface area contributed by atoms with Crippen LogP contribution in [0.1, 0.15) is 63.9 Å². The fourth-order valence-corrected chi connectivity index (χ4v) is 4.67. The highest BCUT2D eigenvalue weighted by atomic mass is 32.2. The standard InChI is InChI=1S/C28H32O6S/c1-7-28(5,6)19-8-13-22(14-9-19)35(31,32)23-15-10-20(11-16-23)33-21-12-17-25(34-27(2,3)4)24(18-21)26(29)30/h8-18H,7H2,1-6H3,(H,29,30). The fourth-order valence-electron chi connectivity index (χ4n) is 3.41. The number of hydrogen-bond acceptors (Lipinski definition) is 5. The van der Waals surface area contributed by atoms with Gasteiger partial charge in [0, 0.05) is 0 Å². The molecule has 0 spiro atoms. The van der Waals surface area contributed by atoms with Crippen molar-refractivity contribution < 1.29 is 27.8 Å². The minimum absolute atomic E-state index is 0.0219. The quantitative estimate of drug-likeness (QED) is 0.366. The second-order valence-corrected chi connectivity index (χ2v) is 12.0. The van der Waals surface area contributed by atoms with E-state index in [1.165, 1.54) is 18.2 Å². The first-order valence-corrected chi connectivity index (χ1v) is 12.9. The monoisotopic (exact) mass is 496 g/mol. The summed E-state index contributed by atoms with van der Waals surface area (Å²) in [6.45, 7) is 11.8. The van der Waals surface area contributed by atoms with Crippen molar-refractivity contribution in [3.8, 4) is 17.2 Å². The van der Waals surface area contributed by atoms with E-state index in [2.05, 4.69) is 20.8 Å². The summed E-state index contributed by atoms with van der Waals surface area (Å²) in [5.41, 5.74) is 0.480. The molecule has 186 valence electrons. The summed E-state index contributed by atoms with van der Waals surface area (Å²) in [6, 6.07) is 17.6. The molecular formula is C28H32O6S. The normalized spacial score (nSPS) is 12.3. The van der Waals surface area contributed by atoms with Gasteiger partial charge >= 0.3 is 5.97 Å². The Kier molecular flexibility index (Phi) is 7.31. The van der Waals surface area contributed by atoms with E-state index in [4.69, 9.17) is 9.47 Å². The third-order valence-electron chi connectivity index (χ3n) is 5.80. The van der Waals surface area contributed by atoms with E-state index in [0.29, 0.717) is 11.5 Å². The van der Waals surface area contributed by atoms with Crippen LogP contribution >= 0.6 is 0 Å². The third kappa shape index (κ3) is 6.22. The molecular weight excluding hydrogens is 464 g/mol. The van der Waals surface area contributed by atoms with Gasteiger partial charge in [0.2, 0.25) is 9.84 Å². The van der Waals surface area contributed by atoms with E-state index >= 15 is 0 Å². The first kappa shape index (κ1) is 26.3. The molecule has 0 aromatic heterocycles. The zero-order valence-corrected chi connectivity index (χ0v) is 21.8. The second kappa shape index (κ2) is 9.74. The number of hydrogen-bond donors (Lipinski definition) is 1. The highest BCUT2D eigenvalue weighted by Crippen LogP contribution is 2.32. The van der Waals surface area contributed by atoms with Crippen LogP contribution in [-0.2, 0) is 15.3 Å². The molecule has 1 N–H and O–H groups in total. The Morgan fingerprint density at radius 1 is 0.829 bits per heavy atom. The summed E-state index contributed by atoms with van der Waals surface area (Å²) in [4.78, 5) is 12.1. The van der Waals surface area contributed by atoms with Crippen LogP contribution in [0.5, 0.6) is 17.2 Å². The number of aromatic carboxylic acids is 1. The average Bonchev–Trinajstić information content (AvgIpc) is 2.79. The van der Waals surface area contributed by atoms with Gasteiger partial charge in [-0.3, -0.25) is 0 Å². The molecule has 35 heavy (non-hydrogen) atoms. The Bertz CT molecular complexity index is 1300. The van der Waals surface area contributed by atoms with Crippen molar-refractivity contribution in [2.24, 2.45) is 0 Å². The van der Waals surface area contributed by atoms with Crippen LogP contribution in [0.15, 0.2) is 76.5 Å². The molecule has 0 aliphatic carbocycles. The summed E-state index contributed by atoms with van der Waals surface area (Å²) in [6.07, 6.45) is 0.945. The molecule has 0 unspecified atom stereocenters. The van der Waals surface area contributed by atoms with Gasteiger partial charge in [0.25, 0.3) is 0 Å². The van der Waals surface area contributed by atoms with Gasteiger partial charge in [0.1, 0.15) is 28.4 Å². The highest BCUT2D eigenvalue weighted by Gasteiger charge is 2.22. The van der Waals surface area contributed by atoms with Crippen molar-refractivity contribution in [2.45, 2.75) is 68.8 Å². The Labute approximate surface area is 207 Å². The molecule has 0 heterocycles. The van der Waals surface area contributed by atoms with Crippen molar-refractivity contribution >= 4 is 15.8 Å². The topological polar surface area (TPSA) is 89.9 Å². The first-order chi connectivity index (χ1) is 16.2. The van der Waals surface area contributed by atoms with Crippen LogP contribution in [0.2, 0.25) is 0 Å². The third-order valence-corrected chi connectivity index (χ3v) is 7.58. The summed E-state index contributed by atoms with van der Waals surface area (Å²) in [5, 5.41) is 9.56. The smallest absolute Gasteiger partial charge is 0.339 e. The molecule has 3 rings (SSSR count). The molecule has 0 amide bonds. The lowest BCUT2D eigenvalue weighted by Gasteiger charge is -2.23. The van der Waals surface area contributed by atoms with E-state index in [1.807, 2.05) is 32.9 Å². The van der Waals surface area contributed by atoms with Gasteiger partial charge in [0.05, 0.1) is 9.79 Å². The van der Waals surface area contributed by atoms with E-state index < -0.39 is 21.4 Å². The Morgan fingerprint density at radius 2 is 1.34 bits per heavy atom. The fraction of sp³-hybridized carbons (Fsp3) is 0.321. The van der Waals surface area contributed by atoms with Gasteiger partial charge in [0.15, 0.2) is 0 Å². The number of ether oxygens (including phenoxy) is 2. The second-order valence-electron chi connectivity index (χ2n) is 10.0. The molecule has 0 atom stereocenters. The molecule has 0 saturated carbocycles. The number of sulfone groups is 1. The average molecular weight is 497 g/mol. The van der Waals surface area contributed by atoms with Crippen molar-refractivity contribution in [3.63, 3.8) is 0 Å². The predicted molar refractivity (Wildman–Crippen MR) is 136 cm³/mol. The van der Waals surface area contributed by atoms with E-state index in [9.17, 15) is 18.3 Å². The van der Waals surface area contributed by atoms with Gasteiger partial charge in [-0.05, 0) is 92.8 Å². The van der Waals surface area contributed by atoms with Crippen LogP contribution in [-0.4, -0.2) is 25.1 Å². The Morgan fingerprint density at radius 3 is 1.83 bits per heavy atom. The maximum atomic E-state index is 13.1. The number of carbonyl (C=O) groups is 1. The first-order valence-electron chi connectivity index (χ1n) is 11.4. The van der Waals surface area contributed by atoms with Crippen LogP contribution in [0.3, 0.4) is 0 Å². The number of carboxylic acids is 1. The van der Waals surface area contributed by atoms with Crippen molar-refractivity contribution in [1.82, 2.24) is 0 Å². The van der Waals surface area contributed by atoms with Gasteiger partial charge in [-0.15, -0.1) is 0 Å². The van der Waals surface area contributed by atoms with Crippen LogP contribution in [0.4, 0.5) is 0 Å². The highest BCUT2D eigenvalue weighted by molar-refractivity contribution is 7.91. The SMILES string of the molecule is CCC(C)(C)c1ccc(S(=O)(=O)c2ccc(Oc3ccc(OC(C)(C)C)c(C(=O)O)c3)cc2)cc1. The molecule has 0 saturated heterocycles. The van der Waals surface area contributed by atoms with Crippen molar-refractivity contribution in [1.29, 1.82) is 0 Å². The maximum Gasteiger partial charge on any atom is 0.339 e. The van der Waals surface area contributed by atoms with E-state index in [0.717, 1.165) is 12.0 Å². The molecule has 3 aromatic rings. The number of rotatable bonds is 8. The largest absolute Gasteiger partial charge is 0.487 e. The molecule has 0 radical (unpaired) electrons. The van der Waals surface area contributed by atoms with Gasteiger partial charge in [-0.25, -0.2) is 13.2 Å². The van der Waals surface area contributed by atoms with E-state index in [1.54, 1.807) is 36.4 Å². The minimum atomic E-state index is -3.69. The zero-order valence-electron chi connectivity index (χ0n) is 21.0. The Hall–Kier alpha value is -3.32. The van der Waals surface area contributed by atoms with Crippen LogP contribution in [0.25, 0.3) is 0 Å². The predicted octanol–water partition coefficient (Wildman–Crippen LogP) is 6.87. The number of carboxylic acid groups (broad SMARTS) is 1. The summed E-state index contributed by atoms with van der Waals surface area (Å²) in [5.74, 6) is -0.213. The molecule has 0 aliphatic rings. The zero-order chi connectivity index (χ0) is 26.0. The molecule has 0 bridgehead atoms. The van der Waals surface area contributed by atoms with Crippen LogP contribution < -0.4 is 9.47 Å². The number of benzene rings is 3. The molecule has 3 aromatic carbocycles. The molecule has 0 aliphatic heterocycles. The van der Waals surface area contributed by atoms with Gasteiger partial charge in [-0.2, -0.15) is 0 Å². The van der Waals surface area contributed by atoms with E-state index in [-0.39, 0.29) is 26.5 Å². The molecule has 7 heteroatoms. The maximum absolute atomic E-state index is 13.1. The van der Waals surface area contributed by atoms with Gasteiger partial charge in [-0.1, -0.05) is 32.9 Å². The van der Waals surface area contributed by atoms with Crippen molar-refractivity contribution in [3.05, 3.63) is 77.9 Å². The van der Waals surface area contributed by atoms with Gasteiger partial charge < -0.3 is 14.6 Å². The molecule has 0 fully saturated rings. The summed E-state index contributed by atoms with van der Waals surface area (Å²) in [7, 11) is -3.69. The summed E-state index contributed by atoms with van der Waals surface area (Å²) >= 11 is 0. The lowest BCUT2D eigenvalue weighted by atomic mass is 9.82. The molecule has 6 nitrogen and oxygen atoms in total. The minimum Gasteiger partial charge on any atom is -0.487 e. The summed E-state index contributed by atoms with van der Waals surface area (Å²) < 4.78 is 37.7. The lowest BCUT2D eigenvalue weighted by Crippen LogP contribution is -2.24. The van der Waals surface area contributed by atoms with Crippen molar-refractivity contribution in [2.75, 3.05) is 0 Å². The van der Waals surface area contributed by atoms with Crippen LogP contribution in [0, 0.1) is 0 Å². The Balaban J connectivity index is 1.81. The lowest BCUT2D eigenvalue weighted by molar-refractivity contribution is 0.0680.